The van der Waals surface area contributed by atoms with Crippen LogP contribution in [0.3, 0.4) is 0 Å². The topological polar surface area (TPSA) is 68.2 Å². The molecule has 0 aliphatic carbocycles. The van der Waals surface area contributed by atoms with Gasteiger partial charge in [0.25, 0.3) is 5.91 Å². The lowest BCUT2D eigenvalue weighted by Crippen LogP contribution is -2.39. The second-order valence-electron chi connectivity index (χ2n) is 7.78. The first kappa shape index (κ1) is 20.0. The molecule has 0 spiro atoms. The van der Waals surface area contributed by atoms with E-state index in [0.717, 1.165) is 53.3 Å². The molecule has 1 atom stereocenters. The van der Waals surface area contributed by atoms with Gasteiger partial charge >= 0.3 is 0 Å². The van der Waals surface area contributed by atoms with E-state index < -0.39 is 0 Å². The van der Waals surface area contributed by atoms with Crippen LogP contribution in [-0.4, -0.2) is 46.0 Å². The van der Waals surface area contributed by atoms with E-state index in [9.17, 15) is 4.79 Å². The average molecular weight is 402 g/mol. The van der Waals surface area contributed by atoms with Crippen molar-refractivity contribution in [2.75, 3.05) is 20.2 Å². The fourth-order valence-electron chi connectivity index (χ4n) is 3.92. The summed E-state index contributed by atoms with van der Waals surface area (Å²) in [6.45, 7) is 5.26. The zero-order valence-electron chi connectivity index (χ0n) is 17.6. The van der Waals surface area contributed by atoms with Gasteiger partial charge in [0.15, 0.2) is 0 Å². The van der Waals surface area contributed by atoms with Gasteiger partial charge in [0.2, 0.25) is 0 Å². The Kier molecular flexibility index (Phi) is 5.74. The van der Waals surface area contributed by atoms with E-state index in [-0.39, 0.29) is 11.8 Å². The number of piperidine rings is 1. The number of benzene rings is 1. The predicted molar refractivity (Wildman–Crippen MR) is 116 cm³/mol. The van der Waals surface area contributed by atoms with Crippen LogP contribution in [0.4, 0.5) is 0 Å². The normalized spacial score (nSPS) is 16.4. The molecule has 1 saturated heterocycles. The molecule has 3 aromatic rings. The number of amides is 1. The van der Waals surface area contributed by atoms with E-state index in [1.807, 2.05) is 30.9 Å². The standard InChI is InChI=1S/C24H26N4O2/c1-16-11-20(18-6-8-21(30-3)9-7-18)12-22(27-16)19-5-4-10-28(15-19)24(29)23-14-25-17(2)13-26-23/h6-9,11-14,19H,4-5,10,15H2,1-3H3/t19-/m0/s1. The van der Waals surface area contributed by atoms with Crippen LogP contribution in [0.2, 0.25) is 0 Å². The number of hydrogen-bond donors (Lipinski definition) is 0. The van der Waals surface area contributed by atoms with Crippen molar-refractivity contribution >= 4 is 5.91 Å². The third kappa shape index (κ3) is 4.32. The van der Waals surface area contributed by atoms with Gasteiger partial charge in [0.1, 0.15) is 11.4 Å². The van der Waals surface area contributed by atoms with Crippen molar-refractivity contribution in [2.24, 2.45) is 0 Å². The van der Waals surface area contributed by atoms with Crippen LogP contribution >= 0.6 is 0 Å². The minimum atomic E-state index is -0.0600. The van der Waals surface area contributed by atoms with Gasteiger partial charge in [0, 0.05) is 36.6 Å². The molecule has 30 heavy (non-hydrogen) atoms. The van der Waals surface area contributed by atoms with Crippen molar-refractivity contribution in [3.8, 4) is 16.9 Å². The molecule has 0 bridgehead atoms. The van der Waals surface area contributed by atoms with Crippen molar-refractivity contribution in [3.63, 3.8) is 0 Å². The lowest BCUT2D eigenvalue weighted by atomic mass is 9.92. The zero-order chi connectivity index (χ0) is 21.1. The number of nitrogens with zero attached hydrogens (tertiary/aromatic N) is 4. The van der Waals surface area contributed by atoms with Gasteiger partial charge in [-0.05, 0) is 62.1 Å². The maximum atomic E-state index is 12.9. The number of aromatic nitrogens is 3. The molecule has 1 aliphatic rings. The van der Waals surface area contributed by atoms with E-state index in [1.54, 1.807) is 19.5 Å². The SMILES string of the molecule is COc1ccc(-c2cc(C)nc([C@H]3CCCN(C(=O)c4cnc(C)cn4)C3)c2)cc1. The Balaban J connectivity index is 1.56. The largest absolute Gasteiger partial charge is 0.497 e. The maximum absolute atomic E-state index is 12.9. The third-order valence-corrected chi connectivity index (χ3v) is 5.52. The minimum absolute atomic E-state index is 0.0600. The van der Waals surface area contributed by atoms with E-state index in [0.29, 0.717) is 12.2 Å². The summed E-state index contributed by atoms with van der Waals surface area (Å²) in [5, 5.41) is 0. The molecule has 1 aromatic carbocycles. The molecule has 0 saturated carbocycles. The molecular formula is C24H26N4O2. The van der Waals surface area contributed by atoms with Crippen LogP contribution in [0.1, 0.15) is 46.3 Å². The van der Waals surface area contributed by atoms with Gasteiger partial charge in [-0.2, -0.15) is 0 Å². The molecular weight excluding hydrogens is 376 g/mol. The van der Waals surface area contributed by atoms with Crippen molar-refractivity contribution < 1.29 is 9.53 Å². The number of ether oxygens (including phenoxy) is 1. The third-order valence-electron chi connectivity index (χ3n) is 5.52. The lowest BCUT2D eigenvalue weighted by Gasteiger charge is -2.32. The Morgan fingerprint density at radius 1 is 1.03 bits per heavy atom. The average Bonchev–Trinajstić information content (AvgIpc) is 2.79. The van der Waals surface area contributed by atoms with Crippen LogP contribution in [0.15, 0.2) is 48.8 Å². The van der Waals surface area contributed by atoms with Crippen LogP contribution < -0.4 is 4.74 Å². The number of carbonyl (C=O) groups excluding carboxylic acids is 1. The summed E-state index contributed by atoms with van der Waals surface area (Å²) in [7, 11) is 1.67. The maximum Gasteiger partial charge on any atom is 0.274 e. The van der Waals surface area contributed by atoms with Crippen LogP contribution in [0.25, 0.3) is 11.1 Å². The Morgan fingerprint density at radius 3 is 2.53 bits per heavy atom. The molecule has 2 aromatic heterocycles. The molecule has 4 rings (SSSR count). The molecule has 1 amide bonds. The van der Waals surface area contributed by atoms with Crippen molar-refractivity contribution in [1.82, 2.24) is 19.9 Å². The van der Waals surface area contributed by atoms with Gasteiger partial charge in [-0.3, -0.25) is 14.8 Å². The van der Waals surface area contributed by atoms with Crippen LogP contribution in [0, 0.1) is 13.8 Å². The highest BCUT2D eigenvalue weighted by Crippen LogP contribution is 2.30. The molecule has 6 heteroatoms. The van der Waals surface area contributed by atoms with Gasteiger partial charge in [-0.15, -0.1) is 0 Å². The molecule has 1 fully saturated rings. The highest BCUT2D eigenvalue weighted by Gasteiger charge is 2.27. The number of aryl methyl sites for hydroxylation is 2. The molecule has 154 valence electrons. The van der Waals surface area contributed by atoms with Gasteiger partial charge in [-0.25, -0.2) is 4.98 Å². The van der Waals surface area contributed by atoms with Gasteiger partial charge in [0.05, 0.1) is 19.0 Å². The highest BCUT2D eigenvalue weighted by molar-refractivity contribution is 5.92. The lowest BCUT2D eigenvalue weighted by molar-refractivity contribution is 0.0699. The summed E-state index contributed by atoms with van der Waals surface area (Å²) in [6.07, 6.45) is 5.16. The molecule has 1 aliphatic heterocycles. The van der Waals surface area contributed by atoms with Crippen LogP contribution in [-0.2, 0) is 0 Å². The molecule has 0 radical (unpaired) electrons. The Hall–Kier alpha value is -3.28. The fourth-order valence-corrected chi connectivity index (χ4v) is 3.92. The first-order valence-corrected chi connectivity index (χ1v) is 10.2. The molecule has 6 nitrogen and oxygen atoms in total. The summed E-state index contributed by atoms with van der Waals surface area (Å²) in [4.78, 5) is 28.0. The second-order valence-corrected chi connectivity index (χ2v) is 7.78. The van der Waals surface area contributed by atoms with E-state index in [2.05, 4.69) is 34.2 Å². The summed E-state index contributed by atoms with van der Waals surface area (Å²) in [5.74, 6) is 0.985. The first-order valence-electron chi connectivity index (χ1n) is 10.2. The Morgan fingerprint density at radius 2 is 1.83 bits per heavy atom. The van der Waals surface area contributed by atoms with Crippen molar-refractivity contribution in [2.45, 2.75) is 32.6 Å². The number of pyridine rings is 1. The number of hydrogen-bond acceptors (Lipinski definition) is 5. The van der Waals surface area contributed by atoms with Crippen molar-refractivity contribution in [1.29, 1.82) is 0 Å². The number of likely N-dealkylation sites (tertiary alicyclic amines) is 1. The molecule has 0 unspecified atom stereocenters. The second kappa shape index (κ2) is 8.61. The zero-order valence-corrected chi connectivity index (χ0v) is 17.6. The number of methoxy groups -OCH3 is 1. The van der Waals surface area contributed by atoms with Gasteiger partial charge in [-0.1, -0.05) is 12.1 Å². The molecule has 3 heterocycles. The van der Waals surface area contributed by atoms with E-state index in [4.69, 9.17) is 9.72 Å². The summed E-state index contributed by atoms with van der Waals surface area (Å²) in [5.41, 5.74) is 5.48. The number of carbonyl (C=O) groups is 1. The Labute approximate surface area is 177 Å². The quantitative estimate of drug-likeness (QED) is 0.655. The Bertz CT molecular complexity index is 1030. The monoisotopic (exact) mass is 402 g/mol. The molecule has 0 N–H and O–H groups in total. The highest BCUT2D eigenvalue weighted by atomic mass is 16.5. The smallest absolute Gasteiger partial charge is 0.274 e. The van der Waals surface area contributed by atoms with E-state index in [1.165, 1.54) is 0 Å². The van der Waals surface area contributed by atoms with Gasteiger partial charge < -0.3 is 9.64 Å². The van der Waals surface area contributed by atoms with E-state index >= 15 is 0 Å². The fraction of sp³-hybridized carbons (Fsp3) is 0.333. The summed E-state index contributed by atoms with van der Waals surface area (Å²) < 4.78 is 5.27. The summed E-state index contributed by atoms with van der Waals surface area (Å²) >= 11 is 0. The van der Waals surface area contributed by atoms with Crippen molar-refractivity contribution in [3.05, 3.63) is 71.6 Å². The summed E-state index contributed by atoms with van der Waals surface area (Å²) in [6, 6.07) is 12.3. The first-order chi connectivity index (χ1) is 14.5. The predicted octanol–water partition coefficient (Wildman–Crippen LogP) is 4.18. The van der Waals surface area contributed by atoms with Crippen LogP contribution in [0.5, 0.6) is 5.75 Å². The number of rotatable bonds is 4. The minimum Gasteiger partial charge on any atom is -0.497 e.